The van der Waals surface area contributed by atoms with E-state index < -0.39 is 0 Å². The first kappa shape index (κ1) is 20.0. The highest BCUT2D eigenvalue weighted by molar-refractivity contribution is 5.82. The zero-order valence-electron chi connectivity index (χ0n) is 19.4. The van der Waals surface area contributed by atoms with Crippen LogP contribution in [0.25, 0.3) is 16.9 Å². The minimum Gasteiger partial charge on any atom is -0.350 e. The third-order valence-electron chi connectivity index (χ3n) is 8.43. The molecule has 4 nitrogen and oxygen atoms in total. The molecule has 4 aliphatic rings. The van der Waals surface area contributed by atoms with E-state index >= 15 is 0 Å². The van der Waals surface area contributed by atoms with Crippen LogP contribution in [0.15, 0.2) is 36.5 Å². The summed E-state index contributed by atoms with van der Waals surface area (Å²) in [6.45, 7) is 6.36. The maximum absolute atomic E-state index is 13.5. The lowest BCUT2D eigenvalue weighted by Gasteiger charge is -2.56. The lowest BCUT2D eigenvalue weighted by atomic mass is 9.53. The molecule has 0 atom stereocenters. The molecule has 166 valence electrons. The Labute approximate surface area is 190 Å². The van der Waals surface area contributed by atoms with E-state index in [0.717, 1.165) is 40.4 Å². The van der Waals surface area contributed by atoms with Crippen LogP contribution in [0.2, 0.25) is 0 Å². The minimum absolute atomic E-state index is 0.0452. The summed E-state index contributed by atoms with van der Waals surface area (Å²) in [6.07, 6.45) is 10.1. The molecular weight excluding hydrogens is 394 g/mol. The molecule has 1 aromatic carbocycles. The maximum atomic E-state index is 13.5. The lowest BCUT2D eigenvalue weighted by Crippen LogP contribution is -2.60. The monoisotopic (exact) mass is 427 g/mol. The number of carbonyl (C=O) groups is 1. The fraction of sp³-hybridized carbons (Fsp3) is 0.500. The third-order valence-corrected chi connectivity index (χ3v) is 8.43. The Morgan fingerprint density at radius 1 is 1.00 bits per heavy atom. The molecule has 0 unspecified atom stereocenters. The van der Waals surface area contributed by atoms with Crippen molar-refractivity contribution in [3.05, 3.63) is 58.9 Å². The number of aryl methyl sites for hydroxylation is 3. The van der Waals surface area contributed by atoms with Gasteiger partial charge < -0.3 is 9.72 Å². The lowest BCUT2D eigenvalue weighted by molar-refractivity contribution is -0.126. The summed E-state index contributed by atoms with van der Waals surface area (Å²) >= 11 is 0. The summed E-state index contributed by atoms with van der Waals surface area (Å²) < 4.78 is 2.11. The van der Waals surface area contributed by atoms with Crippen molar-refractivity contribution < 1.29 is 4.79 Å². The van der Waals surface area contributed by atoms with Gasteiger partial charge in [0.05, 0.1) is 17.8 Å². The minimum atomic E-state index is 0.0452. The van der Waals surface area contributed by atoms with Crippen LogP contribution in [0.1, 0.15) is 60.9 Å². The fourth-order valence-corrected chi connectivity index (χ4v) is 7.24. The summed E-state index contributed by atoms with van der Waals surface area (Å²) in [5.41, 5.74) is 7.67. The van der Waals surface area contributed by atoms with Crippen LogP contribution in [-0.2, 0) is 11.2 Å². The van der Waals surface area contributed by atoms with Crippen LogP contribution >= 0.6 is 0 Å². The number of hydrogen-bond acceptors (Lipinski definition) is 2. The van der Waals surface area contributed by atoms with E-state index in [1.165, 1.54) is 55.2 Å². The zero-order chi connectivity index (χ0) is 22.0. The molecule has 2 aromatic heterocycles. The highest BCUT2D eigenvalue weighted by Crippen LogP contribution is 2.55. The van der Waals surface area contributed by atoms with Crippen molar-refractivity contribution in [2.75, 3.05) is 0 Å². The number of carbonyl (C=O) groups excluding carboxylic acids is 1. The molecule has 3 aromatic rings. The van der Waals surface area contributed by atoms with Gasteiger partial charge in [-0.05, 0) is 112 Å². The topological polar surface area (TPSA) is 46.4 Å². The molecule has 0 saturated heterocycles. The van der Waals surface area contributed by atoms with Gasteiger partial charge in [-0.15, -0.1) is 0 Å². The first-order valence-corrected chi connectivity index (χ1v) is 12.2. The van der Waals surface area contributed by atoms with Gasteiger partial charge in [-0.2, -0.15) is 0 Å². The Kier molecular flexibility index (Phi) is 4.50. The van der Waals surface area contributed by atoms with Crippen molar-refractivity contribution in [1.82, 2.24) is 14.7 Å². The van der Waals surface area contributed by atoms with E-state index in [4.69, 9.17) is 4.98 Å². The van der Waals surface area contributed by atoms with Gasteiger partial charge in [-0.1, -0.05) is 12.1 Å². The van der Waals surface area contributed by atoms with Crippen molar-refractivity contribution in [2.45, 2.75) is 71.3 Å². The number of benzene rings is 1. The second-order valence-electron chi connectivity index (χ2n) is 11.1. The number of nitrogens with zero attached hydrogens (tertiary/aromatic N) is 2. The molecule has 7 rings (SSSR count). The number of nitrogens with one attached hydrogen (secondary N) is 1. The predicted molar refractivity (Wildman–Crippen MR) is 128 cm³/mol. The van der Waals surface area contributed by atoms with Gasteiger partial charge in [0.2, 0.25) is 5.91 Å². The number of hydrogen-bond donors (Lipinski definition) is 1. The SMILES string of the molecule is Cc1ccn2c(CC(=O)NC34CC5CC(CC(C5)C3)C4)c(-c3ccc(C)c(C)c3)nc2c1. The van der Waals surface area contributed by atoms with Gasteiger partial charge in [0.25, 0.3) is 0 Å². The Bertz CT molecular complexity index is 1190. The standard InChI is InChI=1S/C28H33N3O/c1-17-6-7-31-24(27(29-25(31)8-17)23-5-4-18(2)19(3)9-23)13-26(32)30-28-14-20-10-21(15-28)12-22(11-20)16-28/h4-9,20-22H,10-16H2,1-3H3,(H,30,32). The molecule has 0 spiro atoms. The molecule has 2 heterocycles. The average Bonchev–Trinajstić information content (AvgIpc) is 3.05. The largest absolute Gasteiger partial charge is 0.350 e. The van der Waals surface area contributed by atoms with E-state index in [1.54, 1.807) is 0 Å². The van der Waals surface area contributed by atoms with Crippen LogP contribution in [0.5, 0.6) is 0 Å². The van der Waals surface area contributed by atoms with E-state index in [0.29, 0.717) is 6.42 Å². The predicted octanol–water partition coefficient (Wildman–Crippen LogP) is 5.55. The molecule has 4 fully saturated rings. The van der Waals surface area contributed by atoms with Gasteiger partial charge in [-0.25, -0.2) is 4.98 Å². The van der Waals surface area contributed by atoms with Crippen LogP contribution < -0.4 is 5.32 Å². The summed E-state index contributed by atoms with van der Waals surface area (Å²) in [7, 11) is 0. The van der Waals surface area contributed by atoms with E-state index in [2.05, 4.69) is 67.0 Å². The molecule has 1 N–H and O–H groups in total. The molecular formula is C28H33N3O. The molecule has 0 aliphatic heterocycles. The normalized spacial score (nSPS) is 28.4. The molecule has 0 radical (unpaired) electrons. The van der Waals surface area contributed by atoms with E-state index in [1.807, 2.05) is 0 Å². The highest BCUT2D eigenvalue weighted by Gasteiger charge is 2.51. The average molecular weight is 428 g/mol. The summed E-state index contributed by atoms with van der Waals surface area (Å²) in [6, 6.07) is 10.7. The van der Waals surface area contributed by atoms with Gasteiger partial charge in [-0.3, -0.25) is 4.79 Å². The Hall–Kier alpha value is -2.62. The van der Waals surface area contributed by atoms with Gasteiger partial charge in [0, 0.05) is 17.3 Å². The molecule has 4 aliphatic carbocycles. The maximum Gasteiger partial charge on any atom is 0.226 e. The van der Waals surface area contributed by atoms with Crippen molar-refractivity contribution >= 4 is 11.6 Å². The van der Waals surface area contributed by atoms with E-state index in [-0.39, 0.29) is 11.4 Å². The fourth-order valence-electron chi connectivity index (χ4n) is 7.24. The first-order chi connectivity index (χ1) is 15.4. The van der Waals surface area contributed by atoms with Crippen LogP contribution in [0, 0.1) is 38.5 Å². The van der Waals surface area contributed by atoms with Crippen LogP contribution in [0.3, 0.4) is 0 Å². The highest BCUT2D eigenvalue weighted by atomic mass is 16.1. The smallest absolute Gasteiger partial charge is 0.226 e. The van der Waals surface area contributed by atoms with Crippen molar-refractivity contribution in [3.63, 3.8) is 0 Å². The third kappa shape index (κ3) is 3.35. The number of imidazole rings is 1. The molecule has 1 amide bonds. The van der Waals surface area contributed by atoms with Crippen molar-refractivity contribution in [1.29, 1.82) is 0 Å². The Morgan fingerprint density at radius 3 is 2.34 bits per heavy atom. The first-order valence-electron chi connectivity index (χ1n) is 12.2. The second kappa shape index (κ2) is 7.19. The van der Waals surface area contributed by atoms with Crippen LogP contribution in [0.4, 0.5) is 0 Å². The quantitative estimate of drug-likeness (QED) is 0.593. The number of rotatable bonds is 4. The Balaban J connectivity index is 1.34. The summed E-state index contributed by atoms with van der Waals surface area (Å²) in [5, 5.41) is 3.56. The number of amides is 1. The van der Waals surface area contributed by atoms with Crippen LogP contribution in [-0.4, -0.2) is 20.8 Å². The molecule has 4 heteroatoms. The molecule has 32 heavy (non-hydrogen) atoms. The molecule has 4 saturated carbocycles. The van der Waals surface area contributed by atoms with E-state index in [9.17, 15) is 4.79 Å². The molecule has 4 bridgehead atoms. The summed E-state index contributed by atoms with van der Waals surface area (Å²) in [5.74, 6) is 2.63. The number of aromatic nitrogens is 2. The van der Waals surface area contributed by atoms with Gasteiger partial charge >= 0.3 is 0 Å². The van der Waals surface area contributed by atoms with Crippen molar-refractivity contribution in [3.8, 4) is 11.3 Å². The second-order valence-corrected chi connectivity index (χ2v) is 11.1. The van der Waals surface area contributed by atoms with Crippen molar-refractivity contribution in [2.24, 2.45) is 17.8 Å². The Morgan fingerprint density at radius 2 is 1.69 bits per heavy atom. The number of fused-ring (bicyclic) bond motifs is 1. The number of pyridine rings is 1. The van der Waals surface area contributed by atoms with Gasteiger partial charge in [0.1, 0.15) is 5.65 Å². The summed E-state index contributed by atoms with van der Waals surface area (Å²) in [4.78, 5) is 18.4. The van der Waals surface area contributed by atoms with Gasteiger partial charge in [0.15, 0.2) is 0 Å². The zero-order valence-corrected chi connectivity index (χ0v) is 19.4.